The molecule has 0 radical (unpaired) electrons. The van der Waals surface area contributed by atoms with Crippen LogP contribution >= 0.6 is 0 Å². The predicted molar refractivity (Wildman–Crippen MR) is 80.6 cm³/mol. The lowest BCUT2D eigenvalue weighted by atomic mass is 10.0. The maximum Gasteiger partial charge on any atom is 0.417 e. The van der Waals surface area contributed by atoms with E-state index in [0.29, 0.717) is 5.84 Å². The van der Waals surface area contributed by atoms with Gasteiger partial charge in [0, 0.05) is 7.05 Å². The summed E-state index contributed by atoms with van der Waals surface area (Å²) in [6.07, 6.45) is 1.41. The number of hydrogen-bond acceptors (Lipinski definition) is 3. The zero-order chi connectivity index (χ0) is 16.7. The molecule has 0 aromatic heterocycles. The molecule has 0 spiro atoms. The molecule has 2 aliphatic rings. The van der Waals surface area contributed by atoms with Crippen LogP contribution < -0.4 is 0 Å². The Bertz CT molecular complexity index is 767. The number of urea groups is 1. The van der Waals surface area contributed by atoms with E-state index in [1.807, 2.05) is 30.3 Å². The third-order valence-electron chi connectivity index (χ3n) is 4.09. The molecule has 1 aromatic rings. The topological polar surface area (TPSA) is 80.9 Å². The number of amidine groups is 1. The van der Waals surface area contributed by atoms with E-state index in [9.17, 15) is 19.5 Å². The Labute approximate surface area is 132 Å². The molecule has 1 unspecified atom stereocenters. The second-order valence-electron chi connectivity index (χ2n) is 5.50. The Kier molecular flexibility index (Phi) is 3.48. The van der Waals surface area contributed by atoms with Crippen molar-refractivity contribution >= 4 is 23.7 Å². The Morgan fingerprint density at radius 3 is 2.43 bits per heavy atom. The Hall–Kier alpha value is -2.96. The smallest absolute Gasteiger partial charge is 0.417 e. The predicted octanol–water partition coefficient (Wildman–Crippen LogP) is 0.720. The number of benzene rings is 1. The minimum Gasteiger partial charge on any atom is -0.475 e. The average molecular weight is 314 g/mol. The summed E-state index contributed by atoms with van der Waals surface area (Å²) in [5.41, 5.74) is 0.900. The molecule has 7 nitrogen and oxygen atoms in total. The maximum atomic E-state index is 12.3. The summed E-state index contributed by atoms with van der Waals surface area (Å²) in [4.78, 5) is 38.4. The summed E-state index contributed by atoms with van der Waals surface area (Å²) >= 11 is 0. The largest absolute Gasteiger partial charge is 0.475 e. The van der Waals surface area contributed by atoms with Crippen LogP contribution in [0.4, 0.5) is 4.79 Å². The standard InChI is InChI=1S/C16H15N3O4/c1-17-13-11(14(20)18(2)16(17)23)8-12(15(21)22)19(13)9-10-6-4-3-5-7-10/h3-8,11H,9H2,1-2H3/p+1. The van der Waals surface area contributed by atoms with E-state index in [1.54, 1.807) is 7.05 Å². The lowest BCUT2D eigenvalue weighted by Crippen LogP contribution is -2.57. The molecule has 1 atom stereocenters. The number of amides is 3. The van der Waals surface area contributed by atoms with Gasteiger partial charge in [-0.2, -0.15) is 4.90 Å². The molecule has 7 heteroatoms. The first kappa shape index (κ1) is 15.0. The maximum absolute atomic E-state index is 12.3. The third-order valence-corrected chi connectivity index (χ3v) is 4.09. The molecule has 2 heterocycles. The van der Waals surface area contributed by atoms with Crippen LogP contribution in [0.25, 0.3) is 0 Å². The number of carbonyl (C=O) groups excluding carboxylic acids is 2. The van der Waals surface area contributed by atoms with Crippen LogP contribution in [-0.4, -0.2) is 57.3 Å². The summed E-state index contributed by atoms with van der Waals surface area (Å²) in [5, 5.41) is 9.46. The highest BCUT2D eigenvalue weighted by molar-refractivity contribution is 6.18. The lowest BCUT2D eigenvalue weighted by Gasteiger charge is -2.27. The summed E-state index contributed by atoms with van der Waals surface area (Å²) in [6, 6.07) is 8.84. The summed E-state index contributed by atoms with van der Waals surface area (Å²) in [5.74, 6) is -1.91. The first-order valence-electron chi connectivity index (χ1n) is 7.10. The molecule has 2 aliphatic heterocycles. The summed E-state index contributed by atoms with van der Waals surface area (Å²) < 4.78 is 1.52. The fraction of sp³-hybridized carbons (Fsp3) is 0.250. The normalized spacial score (nSPS) is 20.8. The van der Waals surface area contributed by atoms with Gasteiger partial charge in [0.1, 0.15) is 6.54 Å². The molecule has 0 saturated carbocycles. The van der Waals surface area contributed by atoms with E-state index in [4.69, 9.17) is 0 Å². The van der Waals surface area contributed by atoms with Gasteiger partial charge in [-0.1, -0.05) is 30.3 Å². The van der Waals surface area contributed by atoms with Crippen molar-refractivity contribution in [2.75, 3.05) is 14.1 Å². The monoisotopic (exact) mass is 314 g/mol. The number of imide groups is 1. The zero-order valence-electron chi connectivity index (χ0n) is 12.8. The Morgan fingerprint density at radius 2 is 1.83 bits per heavy atom. The minimum absolute atomic E-state index is 0.0113. The molecule has 1 aromatic carbocycles. The van der Waals surface area contributed by atoms with Crippen LogP contribution in [0.2, 0.25) is 0 Å². The number of carboxylic acid groups (broad SMARTS) is 1. The first-order chi connectivity index (χ1) is 10.9. The molecule has 118 valence electrons. The van der Waals surface area contributed by atoms with Crippen LogP contribution in [0.3, 0.4) is 0 Å². The average Bonchev–Trinajstić information content (AvgIpc) is 2.91. The fourth-order valence-electron chi connectivity index (χ4n) is 2.93. The van der Waals surface area contributed by atoms with E-state index >= 15 is 0 Å². The molecular weight excluding hydrogens is 298 g/mol. The van der Waals surface area contributed by atoms with E-state index in [0.717, 1.165) is 10.5 Å². The van der Waals surface area contributed by atoms with Crippen LogP contribution in [0.5, 0.6) is 0 Å². The van der Waals surface area contributed by atoms with E-state index in [-0.39, 0.29) is 12.2 Å². The summed E-state index contributed by atoms with van der Waals surface area (Å²) in [7, 11) is 2.94. The van der Waals surface area contributed by atoms with Gasteiger partial charge in [0.05, 0.1) is 7.05 Å². The summed E-state index contributed by atoms with van der Waals surface area (Å²) in [6.45, 7) is 0.277. The van der Waals surface area contributed by atoms with Gasteiger partial charge in [-0.25, -0.2) is 19.1 Å². The number of carbonyl (C=O) groups is 3. The van der Waals surface area contributed by atoms with Gasteiger partial charge in [0.2, 0.25) is 5.70 Å². The molecule has 1 fully saturated rings. The highest BCUT2D eigenvalue weighted by Crippen LogP contribution is 2.27. The van der Waals surface area contributed by atoms with Crippen molar-refractivity contribution in [1.82, 2.24) is 9.80 Å². The number of fused-ring (bicyclic) bond motifs is 1. The van der Waals surface area contributed by atoms with Gasteiger partial charge in [0.25, 0.3) is 11.7 Å². The van der Waals surface area contributed by atoms with Crippen LogP contribution in [0.1, 0.15) is 5.56 Å². The Morgan fingerprint density at radius 1 is 1.17 bits per heavy atom. The second kappa shape index (κ2) is 5.35. The van der Waals surface area contributed by atoms with Crippen molar-refractivity contribution < 1.29 is 24.1 Å². The molecule has 0 bridgehead atoms. The molecule has 1 saturated heterocycles. The second-order valence-corrected chi connectivity index (χ2v) is 5.50. The van der Waals surface area contributed by atoms with Crippen molar-refractivity contribution in [3.05, 3.63) is 47.7 Å². The van der Waals surface area contributed by atoms with Crippen molar-refractivity contribution in [1.29, 1.82) is 0 Å². The van der Waals surface area contributed by atoms with Gasteiger partial charge >= 0.3 is 12.0 Å². The number of carboxylic acids is 1. The Balaban J connectivity index is 2.11. The van der Waals surface area contributed by atoms with E-state index < -0.39 is 23.8 Å². The number of rotatable bonds is 3. The fourth-order valence-corrected chi connectivity index (χ4v) is 2.93. The molecule has 3 amide bonds. The zero-order valence-corrected chi connectivity index (χ0v) is 12.8. The molecular formula is C16H16N3O4+. The third kappa shape index (κ3) is 2.30. The van der Waals surface area contributed by atoms with Crippen molar-refractivity contribution in [2.24, 2.45) is 5.92 Å². The molecule has 23 heavy (non-hydrogen) atoms. The molecule has 3 rings (SSSR count). The number of aliphatic carboxylic acids is 1. The van der Waals surface area contributed by atoms with Crippen LogP contribution in [0.15, 0.2) is 42.1 Å². The highest BCUT2D eigenvalue weighted by atomic mass is 16.4. The first-order valence-corrected chi connectivity index (χ1v) is 7.10. The number of nitrogens with zero attached hydrogens (tertiary/aromatic N) is 3. The van der Waals surface area contributed by atoms with E-state index in [1.165, 1.54) is 22.6 Å². The highest BCUT2D eigenvalue weighted by Gasteiger charge is 2.51. The van der Waals surface area contributed by atoms with Crippen molar-refractivity contribution in [3.63, 3.8) is 0 Å². The van der Waals surface area contributed by atoms with Crippen LogP contribution in [-0.2, 0) is 16.1 Å². The van der Waals surface area contributed by atoms with Gasteiger partial charge < -0.3 is 5.11 Å². The molecule has 0 aliphatic carbocycles. The van der Waals surface area contributed by atoms with Gasteiger partial charge in [0.15, 0.2) is 5.92 Å². The van der Waals surface area contributed by atoms with Gasteiger partial charge in [-0.15, -0.1) is 0 Å². The van der Waals surface area contributed by atoms with Crippen molar-refractivity contribution in [2.45, 2.75) is 6.54 Å². The van der Waals surface area contributed by atoms with Gasteiger partial charge in [-0.05, 0) is 11.6 Å². The quantitative estimate of drug-likeness (QED) is 0.834. The van der Waals surface area contributed by atoms with Crippen molar-refractivity contribution in [3.8, 4) is 0 Å². The van der Waals surface area contributed by atoms with Gasteiger partial charge in [-0.3, -0.25) is 4.79 Å². The lowest BCUT2D eigenvalue weighted by molar-refractivity contribution is -0.491. The van der Waals surface area contributed by atoms with Crippen LogP contribution in [0, 0.1) is 5.92 Å². The minimum atomic E-state index is -1.13. The van der Waals surface area contributed by atoms with E-state index in [2.05, 4.69) is 0 Å². The SMILES string of the molecule is CN1C(=O)C2C=C(C(=O)O)[N+](Cc3ccccc3)=C2N(C)C1=O. The number of hydrogen-bond donors (Lipinski definition) is 1. The molecule has 1 N–H and O–H groups in total.